The summed E-state index contributed by atoms with van der Waals surface area (Å²) in [6.07, 6.45) is -1.87. The SMILES string of the molecule is Cc1ocnc1C(=O)NCc1cccnc1Oc1cccc(C(F)(F)F)c1. The maximum Gasteiger partial charge on any atom is 0.416 e. The first-order valence-electron chi connectivity index (χ1n) is 7.82. The Morgan fingerprint density at radius 1 is 1.22 bits per heavy atom. The molecule has 0 atom stereocenters. The van der Waals surface area contributed by atoms with Crippen LogP contribution in [0.1, 0.15) is 27.4 Å². The van der Waals surface area contributed by atoms with Crippen LogP contribution < -0.4 is 10.1 Å². The summed E-state index contributed by atoms with van der Waals surface area (Å²) in [5.41, 5.74) is -0.184. The van der Waals surface area contributed by atoms with Crippen molar-refractivity contribution >= 4 is 5.91 Å². The Labute approximate surface area is 152 Å². The smallest absolute Gasteiger partial charge is 0.416 e. The van der Waals surface area contributed by atoms with Gasteiger partial charge in [0.2, 0.25) is 5.88 Å². The van der Waals surface area contributed by atoms with Crippen LogP contribution >= 0.6 is 0 Å². The van der Waals surface area contributed by atoms with Crippen molar-refractivity contribution in [1.82, 2.24) is 15.3 Å². The molecule has 27 heavy (non-hydrogen) atoms. The van der Waals surface area contributed by atoms with Crippen LogP contribution in [0.3, 0.4) is 0 Å². The predicted octanol–water partition coefficient (Wildman–Crippen LogP) is 4.12. The van der Waals surface area contributed by atoms with E-state index in [9.17, 15) is 18.0 Å². The number of halogens is 3. The zero-order valence-corrected chi connectivity index (χ0v) is 14.1. The van der Waals surface area contributed by atoms with E-state index in [2.05, 4.69) is 15.3 Å². The van der Waals surface area contributed by atoms with Crippen LogP contribution in [0.25, 0.3) is 0 Å². The van der Waals surface area contributed by atoms with Crippen molar-refractivity contribution in [3.8, 4) is 11.6 Å². The molecule has 0 saturated carbocycles. The number of nitrogens with one attached hydrogen (secondary N) is 1. The zero-order chi connectivity index (χ0) is 19.4. The summed E-state index contributed by atoms with van der Waals surface area (Å²) in [5.74, 6) is 0.00620. The molecule has 1 N–H and O–H groups in total. The van der Waals surface area contributed by atoms with E-state index < -0.39 is 17.6 Å². The summed E-state index contributed by atoms with van der Waals surface area (Å²) < 4.78 is 49.0. The Kier molecular flexibility index (Phi) is 5.11. The molecule has 140 valence electrons. The lowest BCUT2D eigenvalue weighted by molar-refractivity contribution is -0.137. The number of aryl methyl sites for hydroxylation is 1. The number of alkyl halides is 3. The summed E-state index contributed by atoms with van der Waals surface area (Å²) in [7, 11) is 0. The maximum atomic E-state index is 12.8. The van der Waals surface area contributed by atoms with E-state index in [1.165, 1.54) is 18.3 Å². The number of benzene rings is 1. The highest BCUT2D eigenvalue weighted by molar-refractivity contribution is 5.93. The lowest BCUT2D eigenvalue weighted by Crippen LogP contribution is -2.24. The third-order valence-electron chi connectivity index (χ3n) is 3.63. The average Bonchev–Trinajstić information content (AvgIpc) is 3.06. The van der Waals surface area contributed by atoms with Crippen molar-refractivity contribution in [3.63, 3.8) is 0 Å². The van der Waals surface area contributed by atoms with E-state index in [0.29, 0.717) is 11.3 Å². The van der Waals surface area contributed by atoms with E-state index in [1.807, 2.05) is 0 Å². The first-order chi connectivity index (χ1) is 12.8. The number of nitrogens with zero attached hydrogens (tertiary/aromatic N) is 2. The fraction of sp³-hybridized carbons (Fsp3) is 0.167. The van der Waals surface area contributed by atoms with Crippen LogP contribution in [-0.4, -0.2) is 15.9 Å². The summed E-state index contributed by atoms with van der Waals surface area (Å²) in [4.78, 5) is 20.0. The van der Waals surface area contributed by atoms with Gasteiger partial charge < -0.3 is 14.5 Å². The van der Waals surface area contributed by atoms with E-state index >= 15 is 0 Å². The van der Waals surface area contributed by atoms with E-state index in [-0.39, 0.29) is 23.9 Å². The van der Waals surface area contributed by atoms with Crippen LogP contribution in [0.2, 0.25) is 0 Å². The molecule has 0 aliphatic heterocycles. The molecule has 0 aliphatic carbocycles. The molecule has 3 rings (SSSR count). The molecule has 0 unspecified atom stereocenters. The zero-order valence-electron chi connectivity index (χ0n) is 14.1. The molecular weight excluding hydrogens is 363 g/mol. The van der Waals surface area contributed by atoms with Crippen molar-refractivity contribution in [2.75, 3.05) is 0 Å². The number of carbonyl (C=O) groups is 1. The molecule has 6 nitrogen and oxygen atoms in total. The minimum atomic E-state index is -4.48. The number of hydrogen-bond acceptors (Lipinski definition) is 5. The van der Waals surface area contributed by atoms with E-state index in [1.54, 1.807) is 19.1 Å². The van der Waals surface area contributed by atoms with Crippen LogP contribution in [0.4, 0.5) is 13.2 Å². The van der Waals surface area contributed by atoms with E-state index in [0.717, 1.165) is 18.5 Å². The largest absolute Gasteiger partial charge is 0.448 e. The standard InChI is InChI=1S/C18H14F3N3O3/c1-11-15(24-10-26-11)16(25)23-9-12-4-3-7-22-17(12)27-14-6-2-5-13(8-14)18(19,20)21/h2-8,10H,9H2,1H3,(H,23,25). The van der Waals surface area contributed by atoms with Gasteiger partial charge in [0.25, 0.3) is 5.91 Å². The van der Waals surface area contributed by atoms with Gasteiger partial charge in [-0.25, -0.2) is 9.97 Å². The molecule has 2 aromatic heterocycles. The molecule has 1 amide bonds. The van der Waals surface area contributed by atoms with Crippen molar-refractivity contribution in [2.45, 2.75) is 19.6 Å². The number of pyridine rings is 1. The Hall–Kier alpha value is -3.36. The van der Waals surface area contributed by atoms with Gasteiger partial charge in [0.1, 0.15) is 11.5 Å². The normalized spacial score (nSPS) is 11.3. The molecule has 9 heteroatoms. The third kappa shape index (κ3) is 4.43. The van der Waals surface area contributed by atoms with Crippen molar-refractivity contribution < 1.29 is 27.1 Å². The Morgan fingerprint density at radius 2 is 2.04 bits per heavy atom. The average molecular weight is 377 g/mol. The fourth-order valence-corrected chi connectivity index (χ4v) is 2.28. The second-order valence-electron chi connectivity index (χ2n) is 5.54. The lowest BCUT2D eigenvalue weighted by Gasteiger charge is -2.12. The minimum Gasteiger partial charge on any atom is -0.448 e. The Balaban J connectivity index is 1.75. The number of amides is 1. The highest BCUT2D eigenvalue weighted by atomic mass is 19.4. The molecule has 0 fully saturated rings. The first-order valence-corrected chi connectivity index (χ1v) is 7.82. The van der Waals surface area contributed by atoms with Gasteiger partial charge in [-0.15, -0.1) is 0 Å². The molecule has 0 saturated heterocycles. The van der Waals surface area contributed by atoms with Gasteiger partial charge in [0.15, 0.2) is 12.1 Å². The quantitative estimate of drug-likeness (QED) is 0.724. The number of hydrogen-bond donors (Lipinski definition) is 1. The topological polar surface area (TPSA) is 77.3 Å². The van der Waals surface area contributed by atoms with Crippen LogP contribution in [0, 0.1) is 6.92 Å². The van der Waals surface area contributed by atoms with Crippen molar-refractivity contribution in [2.24, 2.45) is 0 Å². The second kappa shape index (κ2) is 7.48. The van der Waals surface area contributed by atoms with Gasteiger partial charge in [-0.1, -0.05) is 12.1 Å². The molecule has 0 bridgehead atoms. The summed E-state index contributed by atoms with van der Waals surface area (Å²) >= 11 is 0. The summed E-state index contributed by atoms with van der Waals surface area (Å²) in [5, 5.41) is 2.64. The Morgan fingerprint density at radius 3 is 2.74 bits per heavy atom. The van der Waals surface area contributed by atoms with Crippen LogP contribution in [-0.2, 0) is 12.7 Å². The molecule has 2 heterocycles. The van der Waals surface area contributed by atoms with Gasteiger partial charge >= 0.3 is 6.18 Å². The van der Waals surface area contributed by atoms with E-state index in [4.69, 9.17) is 9.15 Å². The van der Waals surface area contributed by atoms with Crippen LogP contribution in [0.15, 0.2) is 53.4 Å². The molecular formula is C18H14F3N3O3. The highest BCUT2D eigenvalue weighted by Gasteiger charge is 2.30. The molecule has 0 aliphatic rings. The van der Waals surface area contributed by atoms with Gasteiger partial charge in [-0.3, -0.25) is 4.79 Å². The number of oxazole rings is 1. The third-order valence-corrected chi connectivity index (χ3v) is 3.63. The fourth-order valence-electron chi connectivity index (χ4n) is 2.28. The summed E-state index contributed by atoms with van der Waals surface area (Å²) in [6, 6.07) is 7.75. The Bertz CT molecular complexity index is 954. The van der Waals surface area contributed by atoms with Crippen molar-refractivity contribution in [3.05, 3.63) is 71.6 Å². The highest BCUT2D eigenvalue weighted by Crippen LogP contribution is 2.32. The molecule has 0 radical (unpaired) electrons. The van der Waals surface area contributed by atoms with Gasteiger partial charge in [-0.2, -0.15) is 13.2 Å². The minimum absolute atomic E-state index is 0.0107. The molecule has 1 aromatic carbocycles. The number of rotatable bonds is 5. The molecule has 3 aromatic rings. The lowest BCUT2D eigenvalue weighted by atomic mass is 10.2. The van der Waals surface area contributed by atoms with Gasteiger partial charge in [-0.05, 0) is 31.2 Å². The second-order valence-corrected chi connectivity index (χ2v) is 5.54. The van der Waals surface area contributed by atoms with Crippen molar-refractivity contribution in [1.29, 1.82) is 0 Å². The van der Waals surface area contributed by atoms with Gasteiger partial charge in [0.05, 0.1) is 5.56 Å². The number of carbonyl (C=O) groups excluding carboxylic acids is 1. The predicted molar refractivity (Wildman–Crippen MR) is 88.2 cm³/mol. The summed E-state index contributed by atoms with van der Waals surface area (Å²) in [6.45, 7) is 1.65. The van der Waals surface area contributed by atoms with Gasteiger partial charge in [0, 0.05) is 18.3 Å². The first kappa shape index (κ1) is 18.4. The monoisotopic (exact) mass is 377 g/mol. The van der Waals surface area contributed by atoms with Crippen LogP contribution in [0.5, 0.6) is 11.6 Å². The number of aromatic nitrogens is 2. The maximum absolute atomic E-state index is 12.8. The number of ether oxygens (including phenoxy) is 1. The molecule has 0 spiro atoms.